The average Bonchev–Trinajstić information content (AvgIpc) is 2.41. The largest absolute Gasteiger partial charge is 0.495 e. The summed E-state index contributed by atoms with van der Waals surface area (Å²) < 4.78 is 5.58. The van der Waals surface area contributed by atoms with Crippen molar-refractivity contribution in [3.8, 4) is 5.75 Å². The van der Waals surface area contributed by atoms with Gasteiger partial charge in [-0.3, -0.25) is 0 Å². The van der Waals surface area contributed by atoms with Crippen molar-refractivity contribution in [2.45, 2.75) is 58.1 Å². The number of aliphatic hydroxyl groups is 1. The number of hydrogen-bond donors (Lipinski definition) is 1. The molecule has 1 N–H and O–H groups in total. The maximum absolute atomic E-state index is 10.1. The molecule has 1 heterocycles. The first-order chi connectivity index (χ1) is 9.40. The van der Waals surface area contributed by atoms with Crippen LogP contribution in [-0.2, 0) is 0 Å². The van der Waals surface area contributed by atoms with Crippen LogP contribution >= 0.6 is 0 Å². The zero-order valence-electron chi connectivity index (χ0n) is 13.3. The van der Waals surface area contributed by atoms with Crippen molar-refractivity contribution in [1.29, 1.82) is 0 Å². The van der Waals surface area contributed by atoms with Gasteiger partial charge in [0.2, 0.25) is 0 Å². The molecule has 1 aromatic carbocycles. The summed E-state index contributed by atoms with van der Waals surface area (Å²) >= 11 is 0. The average molecular weight is 277 g/mol. The SMILES string of the molecule is CCC(O)CN1c2c(OC)cccc2C(C)CC1(C)C. The van der Waals surface area contributed by atoms with Gasteiger partial charge in [-0.1, -0.05) is 26.0 Å². The number of ether oxygens (including phenoxy) is 1. The van der Waals surface area contributed by atoms with E-state index in [0.29, 0.717) is 12.5 Å². The van der Waals surface area contributed by atoms with Gasteiger partial charge in [0.05, 0.1) is 18.9 Å². The number of hydrogen-bond acceptors (Lipinski definition) is 3. The number of aliphatic hydroxyl groups excluding tert-OH is 1. The minimum Gasteiger partial charge on any atom is -0.495 e. The van der Waals surface area contributed by atoms with Crippen LogP contribution in [0.5, 0.6) is 5.75 Å². The van der Waals surface area contributed by atoms with Crippen LogP contribution in [0.2, 0.25) is 0 Å². The molecule has 1 aromatic rings. The van der Waals surface area contributed by atoms with Gasteiger partial charge in [-0.05, 0) is 44.2 Å². The second-order valence-electron chi connectivity index (χ2n) is 6.49. The Kier molecular flexibility index (Phi) is 4.28. The molecule has 0 radical (unpaired) electrons. The molecule has 1 aliphatic heterocycles. The molecule has 20 heavy (non-hydrogen) atoms. The lowest BCUT2D eigenvalue weighted by Crippen LogP contribution is -2.51. The Labute approximate surface area is 122 Å². The Hall–Kier alpha value is -1.22. The molecule has 0 amide bonds. The number of anilines is 1. The molecule has 3 nitrogen and oxygen atoms in total. The maximum Gasteiger partial charge on any atom is 0.142 e. The molecule has 112 valence electrons. The molecule has 2 rings (SSSR count). The summed E-state index contributed by atoms with van der Waals surface area (Å²) in [5.74, 6) is 1.41. The highest BCUT2D eigenvalue weighted by Gasteiger charge is 2.38. The lowest BCUT2D eigenvalue weighted by atomic mass is 9.79. The molecular formula is C17H27NO2. The van der Waals surface area contributed by atoms with Crippen LogP contribution in [0, 0.1) is 0 Å². The maximum atomic E-state index is 10.1. The molecule has 0 saturated carbocycles. The molecular weight excluding hydrogens is 250 g/mol. The van der Waals surface area contributed by atoms with Crippen molar-refractivity contribution in [3.05, 3.63) is 23.8 Å². The minimum absolute atomic E-state index is 0.0250. The summed E-state index contributed by atoms with van der Waals surface area (Å²) in [6.07, 6.45) is 1.55. The molecule has 0 spiro atoms. The Morgan fingerprint density at radius 2 is 2.15 bits per heavy atom. The summed E-state index contributed by atoms with van der Waals surface area (Å²) in [6.45, 7) is 9.45. The summed E-state index contributed by atoms with van der Waals surface area (Å²) in [5.41, 5.74) is 2.51. The lowest BCUT2D eigenvalue weighted by molar-refractivity contribution is 0.164. The van der Waals surface area contributed by atoms with Crippen LogP contribution in [-0.4, -0.2) is 30.4 Å². The minimum atomic E-state index is -0.305. The fraction of sp³-hybridized carbons (Fsp3) is 0.647. The van der Waals surface area contributed by atoms with Gasteiger partial charge in [-0.25, -0.2) is 0 Å². The summed E-state index contributed by atoms with van der Waals surface area (Å²) in [7, 11) is 1.72. The van der Waals surface area contributed by atoms with Gasteiger partial charge in [0, 0.05) is 12.1 Å². The number of nitrogens with zero attached hydrogens (tertiary/aromatic N) is 1. The summed E-state index contributed by atoms with van der Waals surface area (Å²) in [5, 5.41) is 10.1. The third-order valence-electron chi connectivity index (χ3n) is 4.45. The predicted molar refractivity (Wildman–Crippen MR) is 83.7 cm³/mol. The Morgan fingerprint density at radius 1 is 1.45 bits per heavy atom. The molecule has 0 fully saturated rings. The van der Waals surface area contributed by atoms with Gasteiger partial charge in [0.25, 0.3) is 0 Å². The van der Waals surface area contributed by atoms with Crippen LogP contribution in [0.25, 0.3) is 0 Å². The first-order valence-corrected chi connectivity index (χ1v) is 7.53. The van der Waals surface area contributed by atoms with E-state index in [4.69, 9.17) is 4.74 Å². The van der Waals surface area contributed by atoms with E-state index >= 15 is 0 Å². The Bertz CT molecular complexity index is 470. The molecule has 2 unspecified atom stereocenters. The van der Waals surface area contributed by atoms with E-state index in [9.17, 15) is 5.11 Å². The van der Waals surface area contributed by atoms with E-state index in [2.05, 4.69) is 37.8 Å². The number of fused-ring (bicyclic) bond motifs is 1. The predicted octanol–water partition coefficient (Wildman–Crippen LogP) is 3.56. The van der Waals surface area contributed by atoms with Crippen LogP contribution in [0.1, 0.15) is 52.0 Å². The lowest BCUT2D eigenvalue weighted by Gasteiger charge is -2.48. The zero-order chi connectivity index (χ0) is 14.9. The van der Waals surface area contributed by atoms with Crippen molar-refractivity contribution in [2.24, 2.45) is 0 Å². The second kappa shape index (κ2) is 5.65. The number of rotatable bonds is 4. The van der Waals surface area contributed by atoms with Gasteiger partial charge < -0.3 is 14.7 Å². The first kappa shape index (κ1) is 15.2. The third kappa shape index (κ3) is 2.64. The van der Waals surface area contributed by atoms with E-state index < -0.39 is 0 Å². The summed E-state index contributed by atoms with van der Waals surface area (Å²) in [4.78, 5) is 2.33. The van der Waals surface area contributed by atoms with E-state index in [1.807, 2.05) is 13.0 Å². The fourth-order valence-electron chi connectivity index (χ4n) is 3.34. The highest BCUT2D eigenvalue weighted by Crippen LogP contribution is 2.47. The van der Waals surface area contributed by atoms with Gasteiger partial charge in [-0.15, -0.1) is 0 Å². The van der Waals surface area contributed by atoms with Crippen molar-refractivity contribution < 1.29 is 9.84 Å². The van der Waals surface area contributed by atoms with Crippen LogP contribution < -0.4 is 9.64 Å². The van der Waals surface area contributed by atoms with Crippen LogP contribution in [0.15, 0.2) is 18.2 Å². The number of methoxy groups -OCH3 is 1. The van der Waals surface area contributed by atoms with Gasteiger partial charge >= 0.3 is 0 Å². The van der Waals surface area contributed by atoms with Crippen molar-refractivity contribution in [3.63, 3.8) is 0 Å². The van der Waals surface area contributed by atoms with E-state index in [-0.39, 0.29) is 11.6 Å². The fourth-order valence-corrected chi connectivity index (χ4v) is 3.34. The Balaban J connectivity index is 2.51. The normalized spacial score (nSPS) is 22.3. The van der Waals surface area contributed by atoms with Crippen molar-refractivity contribution >= 4 is 5.69 Å². The zero-order valence-corrected chi connectivity index (χ0v) is 13.3. The molecule has 0 bridgehead atoms. The third-order valence-corrected chi connectivity index (χ3v) is 4.45. The van der Waals surface area contributed by atoms with Crippen LogP contribution in [0.3, 0.4) is 0 Å². The summed E-state index contributed by atoms with van der Waals surface area (Å²) in [6, 6.07) is 6.25. The highest BCUT2D eigenvalue weighted by molar-refractivity contribution is 5.68. The van der Waals surface area contributed by atoms with E-state index in [0.717, 1.165) is 24.3 Å². The topological polar surface area (TPSA) is 32.7 Å². The number of β-amino-alcohol motifs (C(OH)–C–C–N with tert-alkyl or cyclic N) is 1. The first-order valence-electron chi connectivity index (χ1n) is 7.53. The standard InChI is InChI=1S/C17H27NO2/c1-6-13(19)11-18-16-14(8-7-9-15(16)20-5)12(2)10-17(18,3)4/h7-9,12-13,19H,6,10-11H2,1-5H3. The molecule has 2 atom stereocenters. The van der Waals surface area contributed by atoms with E-state index in [1.54, 1.807) is 7.11 Å². The van der Waals surface area contributed by atoms with Crippen LogP contribution in [0.4, 0.5) is 5.69 Å². The molecule has 3 heteroatoms. The number of para-hydroxylation sites is 1. The smallest absolute Gasteiger partial charge is 0.142 e. The quantitative estimate of drug-likeness (QED) is 0.913. The molecule has 0 saturated heterocycles. The van der Waals surface area contributed by atoms with Gasteiger partial charge in [-0.2, -0.15) is 0 Å². The molecule has 0 aliphatic carbocycles. The van der Waals surface area contributed by atoms with Crippen molar-refractivity contribution in [1.82, 2.24) is 0 Å². The monoisotopic (exact) mass is 277 g/mol. The number of benzene rings is 1. The van der Waals surface area contributed by atoms with Crippen molar-refractivity contribution in [2.75, 3.05) is 18.6 Å². The highest BCUT2D eigenvalue weighted by atomic mass is 16.5. The van der Waals surface area contributed by atoms with E-state index in [1.165, 1.54) is 5.56 Å². The molecule has 0 aromatic heterocycles. The Morgan fingerprint density at radius 3 is 2.75 bits per heavy atom. The van der Waals surface area contributed by atoms with Gasteiger partial charge in [0.15, 0.2) is 0 Å². The van der Waals surface area contributed by atoms with Gasteiger partial charge in [0.1, 0.15) is 5.75 Å². The molecule has 1 aliphatic rings. The second-order valence-corrected chi connectivity index (χ2v) is 6.49.